The highest BCUT2D eigenvalue weighted by atomic mass is 16.2. The van der Waals surface area contributed by atoms with Gasteiger partial charge in [0.15, 0.2) is 0 Å². The van der Waals surface area contributed by atoms with Crippen LogP contribution in [0.4, 0.5) is 0 Å². The van der Waals surface area contributed by atoms with Gasteiger partial charge >= 0.3 is 0 Å². The van der Waals surface area contributed by atoms with Crippen LogP contribution in [0.5, 0.6) is 0 Å². The Morgan fingerprint density at radius 2 is 2.19 bits per heavy atom. The lowest BCUT2D eigenvalue weighted by molar-refractivity contribution is -0.138. The summed E-state index contributed by atoms with van der Waals surface area (Å²) in [4.78, 5) is 24.7. The fourth-order valence-electron chi connectivity index (χ4n) is 1.71. The van der Waals surface area contributed by atoms with Crippen molar-refractivity contribution >= 4 is 11.8 Å². The lowest BCUT2D eigenvalue weighted by Gasteiger charge is -2.13. The highest BCUT2D eigenvalue weighted by Crippen LogP contribution is 2.13. The number of amides is 2. The van der Waals surface area contributed by atoms with E-state index in [1.807, 2.05) is 26.8 Å². The van der Waals surface area contributed by atoms with Gasteiger partial charge in [0, 0.05) is 13.1 Å². The summed E-state index contributed by atoms with van der Waals surface area (Å²) in [5.41, 5.74) is 1.20. The Hall–Kier alpha value is -1.16. The maximum atomic E-state index is 11.8. The number of nitrogens with one attached hydrogen (secondary N) is 1. The zero-order chi connectivity index (χ0) is 12.1. The number of rotatable bonds is 5. The molecule has 0 saturated carbocycles. The van der Waals surface area contributed by atoms with E-state index in [-0.39, 0.29) is 17.9 Å². The number of imide groups is 1. The Labute approximate surface area is 96.7 Å². The smallest absolute Gasteiger partial charge is 0.246 e. The van der Waals surface area contributed by atoms with Crippen molar-refractivity contribution in [3.05, 3.63) is 11.6 Å². The summed E-state index contributed by atoms with van der Waals surface area (Å²) in [6, 6.07) is -0.324. The Morgan fingerprint density at radius 1 is 1.50 bits per heavy atom. The van der Waals surface area contributed by atoms with Gasteiger partial charge in [-0.1, -0.05) is 18.6 Å². The highest BCUT2D eigenvalue weighted by molar-refractivity contribution is 6.05. The van der Waals surface area contributed by atoms with E-state index in [2.05, 4.69) is 5.32 Å². The minimum atomic E-state index is -0.324. The van der Waals surface area contributed by atoms with Crippen molar-refractivity contribution in [2.24, 2.45) is 0 Å². The van der Waals surface area contributed by atoms with E-state index < -0.39 is 0 Å². The Kier molecular flexibility index (Phi) is 4.68. The summed E-state index contributed by atoms with van der Waals surface area (Å²) in [6.07, 6.45) is 3.13. The number of hydrogen-bond acceptors (Lipinski definition) is 3. The second kappa shape index (κ2) is 5.80. The van der Waals surface area contributed by atoms with Gasteiger partial charge in [0.25, 0.3) is 0 Å². The van der Waals surface area contributed by atoms with Gasteiger partial charge in [-0.2, -0.15) is 0 Å². The maximum absolute atomic E-state index is 11.8. The minimum absolute atomic E-state index is 0.0541. The zero-order valence-corrected chi connectivity index (χ0v) is 10.2. The number of nitrogens with zero attached hydrogens (tertiary/aromatic N) is 1. The molecule has 4 heteroatoms. The molecule has 0 radical (unpaired) electrons. The fraction of sp³-hybridized carbons (Fsp3) is 0.667. The molecule has 4 nitrogen and oxygen atoms in total. The van der Waals surface area contributed by atoms with Crippen LogP contribution in [-0.2, 0) is 9.59 Å². The van der Waals surface area contributed by atoms with Crippen molar-refractivity contribution in [3.63, 3.8) is 0 Å². The first-order valence-electron chi connectivity index (χ1n) is 5.77. The number of hydrogen-bond donors (Lipinski definition) is 1. The second-order valence-corrected chi connectivity index (χ2v) is 4.33. The number of allylic oxidation sites excluding steroid dienone is 1. The highest BCUT2D eigenvalue weighted by Gasteiger charge is 2.37. The quantitative estimate of drug-likeness (QED) is 0.561. The molecule has 1 fully saturated rings. The second-order valence-electron chi connectivity index (χ2n) is 4.33. The van der Waals surface area contributed by atoms with Crippen LogP contribution in [0, 0.1) is 0 Å². The molecule has 0 aromatic rings. The molecule has 1 unspecified atom stereocenters. The SMILES string of the molecule is CCCN1C(=O)CC(NCC=C(C)C)C1=O. The van der Waals surface area contributed by atoms with Gasteiger partial charge in [-0.15, -0.1) is 0 Å². The van der Waals surface area contributed by atoms with Gasteiger partial charge in [-0.05, 0) is 20.3 Å². The normalized spacial score (nSPS) is 20.4. The first-order valence-corrected chi connectivity index (χ1v) is 5.77. The standard InChI is InChI=1S/C12H20N2O2/c1-4-7-14-11(15)8-10(12(14)16)13-6-5-9(2)3/h5,10,13H,4,6-8H2,1-3H3. The number of likely N-dealkylation sites (tertiary alicyclic amines) is 1. The minimum Gasteiger partial charge on any atom is -0.302 e. The molecule has 1 rings (SSSR count). The van der Waals surface area contributed by atoms with Crippen molar-refractivity contribution in [3.8, 4) is 0 Å². The summed E-state index contributed by atoms with van der Waals surface area (Å²) in [5.74, 6) is -0.129. The fourth-order valence-corrected chi connectivity index (χ4v) is 1.71. The molecule has 1 N–H and O–H groups in total. The molecule has 16 heavy (non-hydrogen) atoms. The molecule has 1 aliphatic rings. The van der Waals surface area contributed by atoms with Crippen LogP contribution >= 0.6 is 0 Å². The third-order valence-corrected chi connectivity index (χ3v) is 2.57. The first-order chi connectivity index (χ1) is 7.56. The average molecular weight is 224 g/mol. The lowest BCUT2D eigenvalue weighted by Crippen LogP contribution is -2.39. The van der Waals surface area contributed by atoms with Gasteiger partial charge in [0.1, 0.15) is 0 Å². The van der Waals surface area contributed by atoms with Crippen LogP contribution in [0.15, 0.2) is 11.6 Å². The topological polar surface area (TPSA) is 49.4 Å². The molecule has 1 aliphatic heterocycles. The molecule has 0 aromatic carbocycles. The summed E-state index contributed by atoms with van der Waals surface area (Å²) in [7, 11) is 0. The summed E-state index contributed by atoms with van der Waals surface area (Å²) in [5, 5.41) is 3.09. The molecule has 90 valence electrons. The number of carbonyl (C=O) groups is 2. The van der Waals surface area contributed by atoms with E-state index in [0.29, 0.717) is 19.5 Å². The molecule has 1 heterocycles. The van der Waals surface area contributed by atoms with Gasteiger partial charge in [0.2, 0.25) is 11.8 Å². The van der Waals surface area contributed by atoms with E-state index in [0.717, 1.165) is 6.42 Å². The van der Waals surface area contributed by atoms with E-state index in [1.165, 1.54) is 10.5 Å². The average Bonchev–Trinajstić information content (AvgIpc) is 2.46. The van der Waals surface area contributed by atoms with Crippen LogP contribution in [0.1, 0.15) is 33.6 Å². The summed E-state index contributed by atoms with van der Waals surface area (Å²) >= 11 is 0. The van der Waals surface area contributed by atoms with Crippen LogP contribution in [-0.4, -0.2) is 35.8 Å². The lowest BCUT2D eigenvalue weighted by atomic mass is 10.2. The Morgan fingerprint density at radius 3 is 2.75 bits per heavy atom. The Bertz CT molecular complexity index is 306. The van der Waals surface area contributed by atoms with Gasteiger partial charge in [0.05, 0.1) is 12.5 Å². The zero-order valence-electron chi connectivity index (χ0n) is 10.2. The van der Waals surface area contributed by atoms with Gasteiger partial charge < -0.3 is 5.32 Å². The molecule has 0 aliphatic carbocycles. The summed E-state index contributed by atoms with van der Waals surface area (Å²) < 4.78 is 0. The third-order valence-electron chi connectivity index (χ3n) is 2.57. The van der Waals surface area contributed by atoms with Crippen molar-refractivity contribution in [2.75, 3.05) is 13.1 Å². The predicted molar refractivity (Wildman–Crippen MR) is 62.8 cm³/mol. The van der Waals surface area contributed by atoms with E-state index in [1.54, 1.807) is 0 Å². The predicted octanol–water partition coefficient (Wildman–Crippen LogP) is 1.08. The molecule has 1 saturated heterocycles. The van der Waals surface area contributed by atoms with Crippen LogP contribution in [0.2, 0.25) is 0 Å². The molecule has 0 bridgehead atoms. The van der Waals surface area contributed by atoms with Crippen LogP contribution in [0.25, 0.3) is 0 Å². The van der Waals surface area contributed by atoms with E-state index >= 15 is 0 Å². The third kappa shape index (κ3) is 3.17. The number of carbonyl (C=O) groups excluding carboxylic acids is 2. The molecular formula is C12H20N2O2. The monoisotopic (exact) mass is 224 g/mol. The molecule has 2 amide bonds. The summed E-state index contributed by atoms with van der Waals surface area (Å²) in [6.45, 7) is 7.16. The van der Waals surface area contributed by atoms with Crippen molar-refractivity contribution < 1.29 is 9.59 Å². The Balaban J connectivity index is 2.49. The molecule has 0 spiro atoms. The first kappa shape index (κ1) is 12.9. The maximum Gasteiger partial charge on any atom is 0.246 e. The van der Waals surface area contributed by atoms with Crippen molar-refractivity contribution in [1.82, 2.24) is 10.2 Å². The molecular weight excluding hydrogens is 204 g/mol. The van der Waals surface area contributed by atoms with Gasteiger partial charge in [-0.25, -0.2) is 0 Å². The van der Waals surface area contributed by atoms with E-state index in [9.17, 15) is 9.59 Å². The van der Waals surface area contributed by atoms with Crippen LogP contribution in [0.3, 0.4) is 0 Å². The molecule has 1 atom stereocenters. The van der Waals surface area contributed by atoms with Crippen LogP contribution < -0.4 is 5.32 Å². The largest absolute Gasteiger partial charge is 0.302 e. The molecule has 0 aromatic heterocycles. The van der Waals surface area contributed by atoms with Crippen molar-refractivity contribution in [1.29, 1.82) is 0 Å². The van der Waals surface area contributed by atoms with E-state index in [4.69, 9.17) is 0 Å². The van der Waals surface area contributed by atoms with Gasteiger partial charge in [-0.3, -0.25) is 14.5 Å². The van der Waals surface area contributed by atoms with Crippen molar-refractivity contribution in [2.45, 2.75) is 39.7 Å².